The predicted octanol–water partition coefficient (Wildman–Crippen LogP) is 3.85. The average molecular weight is 203 g/mol. The van der Waals surface area contributed by atoms with Gasteiger partial charge in [0, 0.05) is 11.7 Å². The van der Waals surface area contributed by atoms with Gasteiger partial charge >= 0.3 is 0 Å². The summed E-state index contributed by atoms with van der Waals surface area (Å²) in [7, 11) is 0. The second-order valence-electron chi connectivity index (χ2n) is 4.55. The van der Waals surface area contributed by atoms with Crippen molar-refractivity contribution in [2.45, 2.75) is 45.6 Å². The first-order chi connectivity index (χ1) is 7.33. The second-order valence-corrected chi connectivity index (χ2v) is 4.55. The van der Waals surface area contributed by atoms with E-state index < -0.39 is 0 Å². The molecule has 1 atom stereocenters. The normalized spacial score (nSPS) is 17.5. The monoisotopic (exact) mass is 203 g/mol. The first-order valence-electron chi connectivity index (χ1n) is 6.19. The third kappa shape index (κ3) is 2.74. The van der Waals surface area contributed by atoms with Gasteiger partial charge < -0.3 is 5.32 Å². The molecule has 2 rings (SSSR count). The summed E-state index contributed by atoms with van der Waals surface area (Å²) < 4.78 is 0. The first kappa shape index (κ1) is 10.5. The Kier molecular flexibility index (Phi) is 3.30. The van der Waals surface area contributed by atoms with Gasteiger partial charge in [0.15, 0.2) is 0 Å². The topological polar surface area (TPSA) is 12.0 Å². The van der Waals surface area contributed by atoms with Gasteiger partial charge in [0.1, 0.15) is 0 Å². The molecule has 15 heavy (non-hydrogen) atoms. The van der Waals surface area contributed by atoms with Crippen LogP contribution < -0.4 is 5.32 Å². The van der Waals surface area contributed by atoms with Gasteiger partial charge in [-0.25, -0.2) is 0 Å². The van der Waals surface area contributed by atoms with Gasteiger partial charge in [-0.1, -0.05) is 26.0 Å². The third-order valence-corrected chi connectivity index (χ3v) is 3.32. The lowest BCUT2D eigenvalue weighted by Crippen LogP contribution is -2.20. The molecule has 1 aromatic carbocycles. The van der Waals surface area contributed by atoms with E-state index in [1.165, 1.54) is 30.5 Å². The number of aryl methyl sites for hydroxylation is 1. The Labute approximate surface area is 92.9 Å². The zero-order valence-corrected chi connectivity index (χ0v) is 9.79. The quantitative estimate of drug-likeness (QED) is 0.766. The van der Waals surface area contributed by atoms with Crippen molar-refractivity contribution in [3.05, 3.63) is 29.8 Å². The standard InChI is InChI=1S/C14H21N/c1-3-11-6-5-7-13(10-11)15-14(4-2)12-8-9-12/h5-7,10,12,14-15H,3-4,8-9H2,1-2H3. The molecule has 1 aliphatic rings. The van der Waals surface area contributed by atoms with Crippen LogP contribution in [0, 0.1) is 5.92 Å². The number of hydrogen-bond acceptors (Lipinski definition) is 1. The Hall–Kier alpha value is -0.980. The number of hydrogen-bond donors (Lipinski definition) is 1. The lowest BCUT2D eigenvalue weighted by Gasteiger charge is -2.18. The largest absolute Gasteiger partial charge is 0.382 e. The van der Waals surface area contributed by atoms with Gasteiger partial charge in [-0.15, -0.1) is 0 Å². The summed E-state index contributed by atoms with van der Waals surface area (Å²) in [5, 5.41) is 3.67. The van der Waals surface area contributed by atoms with E-state index in [0.29, 0.717) is 6.04 Å². The molecule has 0 bridgehead atoms. The fourth-order valence-corrected chi connectivity index (χ4v) is 2.15. The van der Waals surface area contributed by atoms with Crippen molar-refractivity contribution < 1.29 is 0 Å². The van der Waals surface area contributed by atoms with E-state index in [-0.39, 0.29) is 0 Å². The zero-order chi connectivity index (χ0) is 10.7. The van der Waals surface area contributed by atoms with Crippen LogP contribution in [0.1, 0.15) is 38.7 Å². The Bertz CT molecular complexity index is 315. The smallest absolute Gasteiger partial charge is 0.0345 e. The van der Waals surface area contributed by atoms with E-state index in [0.717, 1.165) is 12.3 Å². The van der Waals surface area contributed by atoms with Crippen LogP contribution in [-0.2, 0) is 6.42 Å². The highest BCUT2D eigenvalue weighted by Gasteiger charge is 2.29. The summed E-state index contributed by atoms with van der Waals surface area (Å²) in [6.07, 6.45) is 5.19. The number of nitrogens with one attached hydrogen (secondary N) is 1. The van der Waals surface area contributed by atoms with Crippen LogP contribution in [-0.4, -0.2) is 6.04 Å². The fourth-order valence-electron chi connectivity index (χ4n) is 2.15. The Morgan fingerprint density at radius 3 is 2.73 bits per heavy atom. The van der Waals surface area contributed by atoms with Crippen LogP contribution in [0.15, 0.2) is 24.3 Å². The molecule has 1 nitrogen and oxygen atoms in total. The lowest BCUT2D eigenvalue weighted by molar-refractivity contribution is 0.616. The lowest BCUT2D eigenvalue weighted by atomic mass is 10.1. The van der Waals surface area contributed by atoms with E-state index in [9.17, 15) is 0 Å². The van der Waals surface area contributed by atoms with E-state index in [1.54, 1.807) is 0 Å². The van der Waals surface area contributed by atoms with E-state index in [4.69, 9.17) is 0 Å². The van der Waals surface area contributed by atoms with E-state index in [1.807, 2.05) is 0 Å². The number of anilines is 1. The van der Waals surface area contributed by atoms with Gasteiger partial charge in [0.05, 0.1) is 0 Å². The van der Waals surface area contributed by atoms with E-state index >= 15 is 0 Å². The van der Waals surface area contributed by atoms with Crippen molar-refractivity contribution in [1.82, 2.24) is 0 Å². The van der Waals surface area contributed by atoms with Crippen LogP contribution in [0.3, 0.4) is 0 Å². The Morgan fingerprint density at radius 1 is 1.33 bits per heavy atom. The van der Waals surface area contributed by atoms with Gasteiger partial charge in [-0.05, 0) is 49.3 Å². The zero-order valence-electron chi connectivity index (χ0n) is 9.79. The predicted molar refractivity (Wildman–Crippen MR) is 66.2 cm³/mol. The van der Waals surface area contributed by atoms with Gasteiger partial charge in [0.25, 0.3) is 0 Å². The molecule has 1 N–H and O–H groups in total. The molecule has 0 saturated heterocycles. The molecular weight excluding hydrogens is 182 g/mol. The minimum absolute atomic E-state index is 0.692. The highest BCUT2D eigenvalue weighted by Crippen LogP contribution is 2.35. The van der Waals surface area contributed by atoms with Crippen molar-refractivity contribution in [3.63, 3.8) is 0 Å². The number of rotatable bonds is 5. The van der Waals surface area contributed by atoms with Crippen LogP contribution in [0.25, 0.3) is 0 Å². The van der Waals surface area contributed by atoms with Crippen LogP contribution in [0.2, 0.25) is 0 Å². The fraction of sp³-hybridized carbons (Fsp3) is 0.571. The Balaban J connectivity index is 2.01. The van der Waals surface area contributed by atoms with Crippen LogP contribution in [0.5, 0.6) is 0 Å². The minimum Gasteiger partial charge on any atom is -0.382 e. The van der Waals surface area contributed by atoms with Crippen LogP contribution in [0.4, 0.5) is 5.69 Å². The molecule has 0 amide bonds. The molecule has 1 aliphatic carbocycles. The summed E-state index contributed by atoms with van der Waals surface area (Å²) >= 11 is 0. The summed E-state index contributed by atoms with van der Waals surface area (Å²) in [4.78, 5) is 0. The van der Waals surface area contributed by atoms with Gasteiger partial charge in [-0.2, -0.15) is 0 Å². The average Bonchev–Trinajstić information content (AvgIpc) is 3.10. The maximum atomic E-state index is 3.67. The molecule has 1 heteroatoms. The molecule has 0 heterocycles. The number of benzene rings is 1. The highest BCUT2D eigenvalue weighted by molar-refractivity contribution is 5.46. The minimum atomic E-state index is 0.692. The highest BCUT2D eigenvalue weighted by atomic mass is 14.9. The van der Waals surface area contributed by atoms with Crippen molar-refractivity contribution in [3.8, 4) is 0 Å². The third-order valence-electron chi connectivity index (χ3n) is 3.32. The molecule has 1 aromatic rings. The van der Waals surface area contributed by atoms with Crippen molar-refractivity contribution in [2.75, 3.05) is 5.32 Å². The molecule has 0 aliphatic heterocycles. The molecular formula is C14H21N. The van der Waals surface area contributed by atoms with Crippen LogP contribution >= 0.6 is 0 Å². The second kappa shape index (κ2) is 4.69. The van der Waals surface area contributed by atoms with Gasteiger partial charge in [0.2, 0.25) is 0 Å². The molecule has 0 radical (unpaired) electrons. The van der Waals surface area contributed by atoms with E-state index in [2.05, 4.69) is 43.4 Å². The maximum Gasteiger partial charge on any atom is 0.0345 e. The Morgan fingerprint density at radius 2 is 2.13 bits per heavy atom. The molecule has 0 aromatic heterocycles. The summed E-state index contributed by atoms with van der Waals surface area (Å²) in [5.74, 6) is 0.931. The van der Waals surface area contributed by atoms with Crippen molar-refractivity contribution >= 4 is 5.69 Å². The van der Waals surface area contributed by atoms with Crippen molar-refractivity contribution in [2.24, 2.45) is 5.92 Å². The summed E-state index contributed by atoms with van der Waals surface area (Å²) in [6.45, 7) is 4.48. The maximum absolute atomic E-state index is 3.67. The first-order valence-corrected chi connectivity index (χ1v) is 6.19. The molecule has 0 spiro atoms. The summed E-state index contributed by atoms with van der Waals surface area (Å²) in [6, 6.07) is 9.51. The molecule has 1 unspecified atom stereocenters. The summed E-state index contributed by atoms with van der Waals surface area (Å²) in [5.41, 5.74) is 2.72. The molecule has 82 valence electrons. The molecule has 1 fully saturated rings. The SMILES string of the molecule is CCc1cccc(NC(CC)C2CC2)c1. The van der Waals surface area contributed by atoms with Crippen molar-refractivity contribution in [1.29, 1.82) is 0 Å². The molecule has 1 saturated carbocycles. The van der Waals surface area contributed by atoms with Gasteiger partial charge in [-0.3, -0.25) is 0 Å².